The minimum Gasteiger partial charge on any atom is -0.468 e. The number of ether oxygens (including phenoxy) is 1. The molecule has 0 aromatic heterocycles. The molecule has 21 heavy (non-hydrogen) atoms. The van der Waals surface area contributed by atoms with Crippen LogP contribution < -0.4 is 5.32 Å². The molecule has 2 aromatic carbocycles. The molecule has 0 aliphatic rings. The molecule has 0 saturated carbocycles. The lowest BCUT2D eigenvalue weighted by atomic mass is 10.0. The molecular formula is C18H21NO2. The Labute approximate surface area is 126 Å². The topological polar surface area (TPSA) is 38.3 Å². The monoisotopic (exact) mass is 283 g/mol. The van der Waals surface area contributed by atoms with E-state index in [1.54, 1.807) is 0 Å². The minimum atomic E-state index is -0.447. The summed E-state index contributed by atoms with van der Waals surface area (Å²) < 4.78 is 4.90. The maximum Gasteiger partial charge on any atom is 0.327 e. The van der Waals surface area contributed by atoms with Crippen LogP contribution in [0, 0.1) is 13.8 Å². The van der Waals surface area contributed by atoms with Crippen LogP contribution >= 0.6 is 0 Å². The van der Waals surface area contributed by atoms with E-state index in [-0.39, 0.29) is 5.97 Å². The average molecular weight is 283 g/mol. The highest BCUT2D eigenvalue weighted by Gasteiger charge is 2.20. The number of aryl methyl sites for hydroxylation is 2. The van der Waals surface area contributed by atoms with Gasteiger partial charge >= 0.3 is 5.97 Å². The second-order valence-corrected chi connectivity index (χ2v) is 5.18. The average Bonchev–Trinajstić information content (AvgIpc) is 2.50. The number of esters is 1. The summed E-state index contributed by atoms with van der Waals surface area (Å²) in [6, 6.07) is 15.5. The van der Waals surface area contributed by atoms with E-state index in [0.717, 1.165) is 5.56 Å². The molecule has 1 atom stereocenters. The second kappa shape index (κ2) is 7.04. The van der Waals surface area contributed by atoms with Crippen molar-refractivity contribution in [1.29, 1.82) is 0 Å². The van der Waals surface area contributed by atoms with E-state index in [9.17, 15) is 4.79 Å². The van der Waals surface area contributed by atoms with Gasteiger partial charge in [-0.3, -0.25) is 5.32 Å². The molecule has 0 heterocycles. The lowest BCUT2D eigenvalue weighted by Gasteiger charge is -2.18. The van der Waals surface area contributed by atoms with Crippen LogP contribution in [0.15, 0.2) is 48.5 Å². The summed E-state index contributed by atoms with van der Waals surface area (Å²) in [5.41, 5.74) is 4.56. The summed E-state index contributed by atoms with van der Waals surface area (Å²) in [5, 5.41) is 3.29. The Hall–Kier alpha value is -2.13. The molecule has 0 bridgehead atoms. The molecular weight excluding hydrogens is 262 g/mol. The van der Waals surface area contributed by atoms with Gasteiger partial charge < -0.3 is 4.74 Å². The molecule has 0 aliphatic heterocycles. The van der Waals surface area contributed by atoms with Gasteiger partial charge in [-0.15, -0.1) is 0 Å². The van der Waals surface area contributed by atoms with Crippen molar-refractivity contribution in [1.82, 2.24) is 5.32 Å². The summed E-state index contributed by atoms with van der Waals surface area (Å²) in [5.74, 6) is -0.272. The standard InChI is InChI=1S/C18H21NO2/c1-13-9-10-16(14(2)11-13)12-19-17(18(20)21-3)15-7-5-4-6-8-15/h4-11,17,19H,12H2,1-3H3. The number of carbonyl (C=O) groups excluding carboxylic acids is 1. The third kappa shape index (κ3) is 3.92. The Bertz CT molecular complexity index is 608. The molecule has 2 rings (SSSR count). The molecule has 3 nitrogen and oxygen atoms in total. The SMILES string of the molecule is COC(=O)C(NCc1ccc(C)cc1C)c1ccccc1. The largest absolute Gasteiger partial charge is 0.468 e. The maximum absolute atomic E-state index is 12.0. The van der Waals surface area contributed by atoms with Crippen molar-refractivity contribution < 1.29 is 9.53 Å². The zero-order valence-corrected chi connectivity index (χ0v) is 12.7. The quantitative estimate of drug-likeness (QED) is 0.856. The highest BCUT2D eigenvalue weighted by atomic mass is 16.5. The number of methoxy groups -OCH3 is 1. The maximum atomic E-state index is 12.0. The predicted molar refractivity (Wildman–Crippen MR) is 84.0 cm³/mol. The number of hydrogen-bond acceptors (Lipinski definition) is 3. The van der Waals surface area contributed by atoms with E-state index in [2.05, 4.69) is 37.4 Å². The van der Waals surface area contributed by atoms with Crippen LogP contribution in [-0.2, 0) is 16.1 Å². The van der Waals surface area contributed by atoms with Crippen LogP contribution in [0.25, 0.3) is 0 Å². The summed E-state index contributed by atoms with van der Waals surface area (Å²) in [6.45, 7) is 4.78. The summed E-state index contributed by atoms with van der Waals surface area (Å²) in [6.07, 6.45) is 0. The van der Waals surface area contributed by atoms with Gasteiger partial charge in [-0.2, -0.15) is 0 Å². The lowest BCUT2D eigenvalue weighted by molar-refractivity contribution is -0.143. The molecule has 0 saturated heterocycles. The first-order valence-corrected chi connectivity index (χ1v) is 7.04. The van der Waals surface area contributed by atoms with E-state index >= 15 is 0 Å². The van der Waals surface area contributed by atoms with Crippen LogP contribution in [0.5, 0.6) is 0 Å². The van der Waals surface area contributed by atoms with Crippen LogP contribution in [0.3, 0.4) is 0 Å². The van der Waals surface area contributed by atoms with E-state index < -0.39 is 6.04 Å². The zero-order valence-electron chi connectivity index (χ0n) is 12.7. The Balaban J connectivity index is 2.15. The van der Waals surface area contributed by atoms with Gasteiger partial charge in [0, 0.05) is 6.54 Å². The number of nitrogens with one attached hydrogen (secondary N) is 1. The molecule has 0 spiro atoms. The fourth-order valence-electron chi connectivity index (χ4n) is 2.36. The Morgan fingerprint density at radius 2 is 1.86 bits per heavy atom. The van der Waals surface area contributed by atoms with Gasteiger partial charge in [-0.25, -0.2) is 4.79 Å². The number of hydrogen-bond donors (Lipinski definition) is 1. The normalized spacial score (nSPS) is 12.0. The molecule has 0 amide bonds. The van der Waals surface area contributed by atoms with Gasteiger partial charge in [0.05, 0.1) is 7.11 Å². The second-order valence-electron chi connectivity index (χ2n) is 5.18. The Morgan fingerprint density at radius 1 is 1.14 bits per heavy atom. The number of benzene rings is 2. The highest BCUT2D eigenvalue weighted by Crippen LogP contribution is 2.16. The van der Waals surface area contributed by atoms with E-state index in [1.807, 2.05) is 30.3 Å². The van der Waals surface area contributed by atoms with Crippen molar-refractivity contribution >= 4 is 5.97 Å². The van der Waals surface area contributed by atoms with Crippen molar-refractivity contribution in [3.05, 3.63) is 70.8 Å². The molecule has 0 fully saturated rings. The third-order valence-electron chi connectivity index (χ3n) is 3.56. The van der Waals surface area contributed by atoms with Gasteiger partial charge in [0.1, 0.15) is 6.04 Å². The van der Waals surface area contributed by atoms with Crippen LogP contribution in [-0.4, -0.2) is 13.1 Å². The van der Waals surface area contributed by atoms with E-state index in [1.165, 1.54) is 23.8 Å². The fraction of sp³-hybridized carbons (Fsp3) is 0.278. The molecule has 3 heteroatoms. The van der Waals surface area contributed by atoms with Gasteiger partial charge in [0.15, 0.2) is 0 Å². The highest BCUT2D eigenvalue weighted by molar-refractivity contribution is 5.77. The Kier molecular flexibility index (Phi) is 5.12. The number of rotatable bonds is 5. The van der Waals surface area contributed by atoms with Gasteiger partial charge in [0.2, 0.25) is 0 Å². The van der Waals surface area contributed by atoms with Crippen molar-refractivity contribution in [2.24, 2.45) is 0 Å². The van der Waals surface area contributed by atoms with Gasteiger partial charge in [0.25, 0.3) is 0 Å². The Morgan fingerprint density at radius 3 is 2.48 bits per heavy atom. The molecule has 0 radical (unpaired) electrons. The van der Waals surface area contributed by atoms with Crippen LogP contribution in [0.4, 0.5) is 0 Å². The predicted octanol–water partition coefficient (Wildman–Crippen LogP) is 3.31. The third-order valence-corrected chi connectivity index (χ3v) is 3.56. The fourth-order valence-corrected chi connectivity index (χ4v) is 2.36. The van der Waals surface area contributed by atoms with Crippen LogP contribution in [0.2, 0.25) is 0 Å². The summed E-state index contributed by atoms with van der Waals surface area (Å²) in [4.78, 5) is 12.0. The molecule has 1 unspecified atom stereocenters. The first-order chi connectivity index (χ1) is 10.1. The van der Waals surface area contributed by atoms with Crippen molar-refractivity contribution in [2.45, 2.75) is 26.4 Å². The lowest BCUT2D eigenvalue weighted by Crippen LogP contribution is -2.29. The van der Waals surface area contributed by atoms with E-state index in [4.69, 9.17) is 4.74 Å². The van der Waals surface area contributed by atoms with E-state index in [0.29, 0.717) is 6.54 Å². The zero-order chi connectivity index (χ0) is 15.2. The van der Waals surface area contributed by atoms with Crippen molar-refractivity contribution in [2.75, 3.05) is 7.11 Å². The summed E-state index contributed by atoms with van der Waals surface area (Å²) in [7, 11) is 1.41. The smallest absolute Gasteiger partial charge is 0.327 e. The molecule has 110 valence electrons. The molecule has 1 N–H and O–H groups in total. The van der Waals surface area contributed by atoms with Crippen molar-refractivity contribution in [3.8, 4) is 0 Å². The first-order valence-electron chi connectivity index (χ1n) is 7.04. The summed E-state index contributed by atoms with van der Waals surface area (Å²) >= 11 is 0. The first kappa shape index (κ1) is 15.3. The molecule has 2 aromatic rings. The molecule has 0 aliphatic carbocycles. The minimum absolute atomic E-state index is 0.272. The van der Waals surface area contributed by atoms with Gasteiger partial charge in [-0.1, -0.05) is 54.1 Å². The number of carbonyl (C=O) groups is 1. The van der Waals surface area contributed by atoms with Gasteiger partial charge in [-0.05, 0) is 30.5 Å². The van der Waals surface area contributed by atoms with Crippen molar-refractivity contribution in [3.63, 3.8) is 0 Å². The van der Waals surface area contributed by atoms with Crippen LogP contribution in [0.1, 0.15) is 28.3 Å².